The van der Waals surface area contributed by atoms with Crippen LogP contribution in [0.5, 0.6) is 11.5 Å². The molecule has 3 aromatic rings. The number of nitrogens with one attached hydrogen (secondary N) is 1. The zero-order valence-corrected chi connectivity index (χ0v) is 12.4. The van der Waals surface area contributed by atoms with Crippen LogP contribution in [0.25, 0.3) is 5.65 Å². The normalized spacial score (nSPS) is 13.1. The molecule has 2 aromatic heterocycles. The van der Waals surface area contributed by atoms with Gasteiger partial charge in [-0.15, -0.1) is 10.2 Å². The average molecular weight is 310 g/mol. The number of anilines is 1. The van der Waals surface area contributed by atoms with Crippen molar-refractivity contribution in [2.45, 2.75) is 6.92 Å². The van der Waals surface area contributed by atoms with Crippen LogP contribution in [0.3, 0.4) is 0 Å². The topological polar surface area (TPSA) is 77.8 Å². The minimum Gasteiger partial charge on any atom is -0.486 e. The van der Waals surface area contributed by atoms with Crippen LogP contribution in [-0.2, 0) is 0 Å². The number of carbonyl (C=O) groups is 1. The lowest BCUT2D eigenvalue weighted by Gasteiger charge is -2.19. The van der Waals surface area contributed by atoms with Crippen LogP contribution in [0.1, 0.15) is 16.2 Å². The first-order valence-electron chi connectivity index (χ1n) is 7.23. The Balaban J connectivity index is 1.58. The summed E-state index contributed by atoms with van der Waals surface area (Å²) in [5, 5.41) is 10.8. The molecule has 0 bridgehead atoms. The monoisotopic (exact) mass is 310 g/mol. The van der Waals surface area contributed by atoms with Gasteiger partial charge in [-0.25, -0.2) is 0 Å². The van der Waals surface area contributed by atoms with Gasteiger partial charge in [-0.3, -0.25) is 9.20 Å². The van der Waals surface area contributed by atoms with E-state index in [2.05, 4.69) is 15.5 Å². The SMILES string of the molecule is Cc1nnc2cc(C(=O)Nc3ccc4c(c3)OCCO4)ccn12. The molecule has 3 heterocycles. The summed E-state index contributed by atoms with van der Waals surface area (Å²) in [5.74, 6) is 1.89. The molecule has 0 aliphatic carbocycles. The number of hydrogen-bond acceptors (Lipinski definition) is 5. The fourth-order valence-electron chi connectivity index (χ4n) is 2.48. The van der Waals surface area contributed by atoms with Crippen LogP contribution in [0.2, 0.25) is 0 Å². The number of fused-ring (bicyclic) bond motifs is 2. The Morgan fingerprint density at radius 2 is 1.96 bits per heavy atom. The van der Waals surface area contributed by atoms with E-state index in [9.17, 15) is 4.79 Å². The number of nitrogens with zero attached hydrogens (tertiary/aromatic N) is 3. The molecule has 0 saturated carbocycles. The molecule has 1 aliphatic rings. The number of ether oxygens (including phenoxy) is 2. The summed E-state index contributed by atoms with van der Waals surface area (Å²) in [6.07, 6.45) is 1.78. The first kappa shape index (κ1) is 13.6. The zero-order valence-electron chi connectivity index (χ0n) is 12.4. The summed E-state index contributed by atoms with van der Waals surface area (Å²) in [7, 11) is 0. The van der Waals surface area contributed by atoms with Crippen LogP contribution in [0, 0.1) is 6.92 Å². The minimum atomic E-state index is -0.218. The van der Waals surface area contributed by atoms with Crippen molar-refractivity contribution in [3.63, 3.8) is 0 Å². The van der Waals surface area contributed by atoms with Gasteiger partial charge in [0.2, 0.25) is 0 Å². The van der Waals surface area contributed by atoms with E-state index < -0.39 is 0 Å². The van der Waals surface area contributed by atoms with Crippen molar-refractivity contribution in [3.05, 3.63) is 47.9 Å². The van der Waals surface area contributed by atoms with Crippen LogP contribution in [0.4, 0.5) is 5.69 Å². The molecule has 0 unspecified atom stereocenters. The quantitative estimate of drug-likeness (QED) is 0.784. The number of carbonyl (C=O) groups excluding carboxylic acids is 1. The number of amides is 1. The molecule has 7 nitrogen and oxygen atoms in total. The number of pyridine rings is 1. The lowest BCUT2D eigenvalue weighted by molar-refractivity contribution is 0.102. The standard InChI is InChI=1S/C16H14N4O3/c1-10-18-19-15-8-11(4-5-20(10)15)16(21)17-12-2-3-13-14(9-12)23-7-6-22-13/h2-5,8-9H,6-7H2,1H3,(H,17,21). The Bertz CT molecular complexity index is 903. The summed E-state index contributed by atoms with van der Waals surface area (Å²) in [6, 6.07) is 8.76. The van der Waals surface area contributed by atoms with Crippen molar-refractivity contribution in [3.8, 4) is 11.5 Å². The summed E-state index contributed by atoms with van der Waals surface area (Å²) in [4.78, 5) is 12.4. The van der Waals surface area contributed by atoms with Crippen molar-refractivity contribution in [2.24, 2.45) is 0 Å². The maximum atomic E-state index is 12.4. The fourth-order valence-corrected chi connectivity index (χ4v) is 2.48. The molecule has 0 radical (unpaired) electrons. The van der Waals surface area contributed by atoms with Gasteiger partial charge in [0.1, 0.15) is 19.0 Å². The first-order valence-corrected chi connectivity index (χ1v) is 7.23. The van der Waals surface area contributed by atoms with Gasteiger partial charge in [-0.1, -0.05) is 0 Å². The molecule has 1 aromatic carbocycles. The Morgan fingerprint density at radius 1 is 1.13 bits per heavy atom. The maximum absolute atomic E-state index is 12.4. The predicted molar refractivity (Wildman–Crippen MR) is 83.1 cm³/mol. The minimum absolute atomic E-state index is 0.218. The molecule has 1 aliphatic heterocycles. The summed E-state index contributed by atoms with van der Waals surface area (Å²) in [5.41, 5.74) is 1.80. The Hall–Kier alpha value is -3.09. The van der Waals surface area contributed by atoms with E-state index in [0.29, 0.717) is 41.6 Å². The van der Waals surface area contributed by atoms with E-state index in [0.717, 1.165) is 5.82 Å². The maximum Gasteiger partial charge on any atom is 0.255 e. The van der Waals surface area contributed by atoms with E-state index in [-0.39, 0.29) is 5.91 Å². The molecule has 7 heteroatoms. The molecule has 0 atom stereocenters. The van der Waals surface area contributed by atoms with Gasteiger partial charge in [-0.05, 0) is 31.2 Å². The van der Waals surface area contributed by atoms with E-state index in [4.69, 9.17) is 9.47 Å². The number of benzene rings is 1. The highest BCUT2D eigenvalue weighted by atomic mass is 16.6. The molecule has 1 N–H and O–H groups in total. The Labute approximate surface area is 131 Å². The van der Waals surface area contributed by atoms with Crippen molar-refractivity contribution in [1.29, 1.82) is 0 Å². The second kappa shape index (κ2) is 5.28. The van der Waals surface area contributed by atoms with E-state index in [1.165, 1.54) is 0 Å². The van der Waals surface area contributed by atoms with Crippen molar-refractivity contribution < 1.29 is 14.3 Å². The van der Waals surface area contributed by atoms with E-state index in [1.807, 2.05) is 11.3 Å². The lowest BCUT2D eigenvalue weighted by Crippen LogP contribution is -2.16. The highest BCUT2D eigenvalue weighted by molar-refractivity contribution is 6.04. The first-order chi connectivity index (χ1) is 11.2. The number of aryl methyl sites for hydroxylation is 1. The highest BCUT2D eigenvalue weighted by Gasteiger charge is 2.14. The van der Waals surface area contributed by atoms with E-state index in [1.54, 1.807) is 36.5 Å². The third-order valence-electron chi connectivity index (χ3n) is 3.64. The van der Waals surface area contributed by atoms with Crippen molar-refractivity contribution >= 4 is 17.2 Å². The van der Waals surface area contributed by atoms with Crippen molar-refractivity contribution in [2.75, 3.05) is 18.5 Å². The fraction of sp³-hybridized carbons (Fsp3) is 0.188. The van der Waals surface area contributed by atoms with Gasteiger partial charge in [0.15, 0.2) is 17.1 Å². The summed E-state index contributed by atoms with van der Waals surface area (Å²) < 4.78 is 12.8. The largest absolute Gasteiger partial charge is 0.486 e. The summed E-state index contributed by atoms with van der Waals surface area (Å²) in [6.45, 7) is 2.90. The number of hydrogen-bond donors (Lipinski definition) is 1. The number of rotatable bonds is 2. The number of aromatic nitrogens is 3. The van der Waals surface area contributed by atoms with E-state index >= 15 is 0 Å². The molecular weight excluding hydrogens is 296 g/mol. The second-order valence-electron chi connectivity index (χ2n) is 5.20. The molecule has 4 rings (SSSR count). The van der Waals surface area contributed by atoms with Gasteiger partial charge in [0, 0.05) is 23.5 Å². The van der Waals surface area contributed by atoms with Crippen LogP contribution < -0.4 is 14.8 Å². The van der Waals surface area contributed by atoms with Crippen LogP contribution in [0.15, 0.2) is 36.5 Å². The molecule has 23 heavy (non-hydrogen) atoms. The third-order valence-corrected chi connectivity index (χ3v) is 3.64. The smallest absolute Gasteiger partial charge is 0.255 e. The zero-order chi connectivity index (χ0) is 15.8. The van der Waals surface area contributed by atoms with Gasteiger partial charge >= 0.3 is 0 Å². The molecule has 0 saturated heterocycles. The predicted octanol–water partition coefficient (Wildman–Crippen LogP) is 2.06. The van der Waals surface area contributed by atoms with Crippen LogP contribution in [-0.4, -0.2) is 33.7 Å². The molecule has 0 fully saturated rings. The molecular formula is C16H14N4O3. The van der Waals surface area contributed by atoms with Crippen molar-refractivity contribution in [1.82, 2.24) is 14.6 Å². The Kier molecular flexibility index (Phi) is 3.11. The van der Waals surface area contributed by atoms with Gasteiger partial charge in [0.25, 0.3) is 5.91 Å². The second-order valence-corrected chi connectivity index (χ2v) is 5.20. The van der Waals surface area contributed by atoms with Gasteiger partial charge < -0.3 is 14.8 Å². The molecule has 116 valence electrons. The average Bonchev–Trinajstić information content (AvgIpc) is 2.95. The van der Waals surface area contributed by atoms with Gasteiger partial charge in [0.05, 0.1) is 0 Å². The summed E-state index contributed by atoms with van der Waals surface area (Å²) >= 11 is 0. The third kappa shape index (κ3) is 2.46. The van der Waals surface area contributed by atoms with Gasteiger partial charge in [-0.2, -0.15) is 0 Å². The molecule has 0 spiro atoms. The lowest BCUT2D eigenvalue weighted by atomic mass is 10.2. The highest BCUT2D eigenvalue weighted by Crippen LogP contribution is 2.32. The Morgan fingerprint density at radius 3 is 2.83 bits per heavy atom. The van der Waals surface area contributed by atoms with Crippen LogP contribution >= 0.6 is 0 Å². The molecule has 1 amide bonds.